The van der Waals surface area contributed by atoms with Gasteiger partial charge in [0.2, 0.25) is 5.91 Å². The van der Waals surface area contributed by atoms with E-state index in [1.165, 1.54) is 0 Å². The van der Waals surface area contributed by atoms with Crippen LogP contribution >= 0.6 is 0 Å². The largest absolute Gasteiger partial charge is 0.384 e. The molecule has 0 fully saturated rings. The SMILES string of the molecule is CCCCN(CCCC)C(=O)N[C@@H](Cc1cccc2ccccc12)C(=O)NCc1ccc(N)nc1. The normalized spacial score (nSPS) is 11.7. The number of carbonyl (C=O) groups is 2. The average molecular weight is 476 g/mol. The van der Waals surface area contributed by atoms with E-state index in [0.717, 1.165) is 47.6 Å². The standard InChI is InChI=1S/C28H37N5O2/c1-3-5-16-33(17-6-4-2)28(35)32-25(27(34)31-20-21-14-15-26(29)30-19-21)18-23-12-9-11-22-10-7-8-13-24(22)23/h7-15,19,25H,3-6,16-18,20H2,1-2H3,(H2,29,30)(H,31,34)(H,32,35)/t25-/m0/s1. The van der Waals surface area contributed by atoms with Gasteiger partial charge in [-0.3, -0.25) is 4.79 Å². The first-order valence-electron chi connectivity index (χ1n) is 12.5. The summed E-state index contributed by atoms with van der Waals surface area (Å²) in [5.74, 6) is 0.203. The van der Waals surface area contributed by atoms with Gasteiger partial charge in [0.25, 0.3) is 0 Å². The van der Waals surface area contributed by atoms with E-state index in [1.807, 2.05) is 35.2 Å². The Morgan fingerprint density at radius 3 is 2.37 bits per heavy atom. The highest BCUT2D eigenvalue weighted by atomic mass is 16.2. The van der Waals surface area contributed by atoms with Crippen molar-refractivity contribution in [2.75, 3.05) is 18.8 Å². The Labute approximate surface area is 208 Å². The first kappa shape index (κ1) is 26.0. The second-order valence-corrected chi connectivity index (χ2v) is 8.85. The lowest BCUT2D eigenvalue weighted by atomic mass is 9.98. The maximum Gasteiger partial charge on any atom is 0.318 e. The number of urea groups is 1. The zero-order valence-electron chi connectivity index (χ0n) is 20.8. The summed E-state index contributed by atoms with van der Waals surface area (Å²) in [4.78, 5) is 32.5. The quantitative estimate of drug-likeness (QED) is 0.355. The molecule has 0 spiro atoms. The van der Waals surface area contributed by atoms with Crippen LogP contribution < -0.4 is 16.4 Å². The fourth-order valence-electron chi connectivity index (χ4n) is 4.01. The number of nitrogens with zero attached hydrogens (tertiary/aromatic N) is 2. The Hall–Kier alpha value is -3.61. The van der Waals surface area contributed by atoms with Crippen molar-refractivity contribution < 1.29 is 9.59 Å². The number of hydrogen-bond donors (Lipinski definition) is 3. The van der Waals surface area contributed by atoms with Crippen molar-refractivity contribution in [3.63, 3.8) is 0 Å². The van der Waals surface area contributed by atoms with Gasteiger partial charge in [-0.2, -0.15) is 0 Å². The van der Waals surface area contributed by atoms with Crippen molar-refractivity contribution in [1.82, 2.24) is 20.5 Å². The number of carbonyl (C=O) groups excluding carboxylic acids is 2. The van der Waals surface area contributed by atoms with Gasteiger partial charge in [-0.25, -0.2) is 9.78 Å². The highest BCUT2D eigenvalue weighted by molar-refractivity contribution is 5.90. The number of nitrogens with two attached hydrogens (primary N) is 1. The number of nitrogens with one attached hydrogen (secondary N) is 2. The Kier molecular flexibility index (Phi) is 9.90. The summed E-state index contributed by atoms with van der Waals surface area (Å²) in [6.45, 7) is 5.89. The molecule has 3 rings (SSSR count). The predicted molar refractivity (Wildman–Crippen MR) is 142 cm³/mol. The minimum atomic E-state index is -0.708. The highest BCUT2D eigenvalue weighted by Gasteiger charge is 2.24. The van der Waals surface area contributed by atoms with Crippen LogP contribution in [-0.4, -0.2) is 41.0 Å². The van der Waals surface area contributed by atoms with Gasteiger partial charge in [-0.1, -0.05) is 75.2 Å². The van der Waals surface area contributed by atoms with Gasteiger partial charge in [0.1, 0.15) is 11.9 Å². The van der Waals surface area contributed by atoms with E-state index in [1.54, 1.807) is 12.3 Å². The molecule has 3 amide bonds. The van der Waals surface area contributed by atoms with Crippen LogP contribution in [0.3, 0.4) is 0 Å². The average Bonchev–Trinajstić information content (AvgIpc) is 2.88. The molecule has 3 aromatic rings. The number of benzene rings is 2. The van der Waals surface area contributed by atoms with Crippen LogP contribution in [0.4, 0.5) is 10.6 Å². The molecule has 4 N–H and O–H groups in total. The van der Waals surface area contributed by atoms with Crippen molar-refractivity contribution >= 4 is 28.5 Å². The van der Waals surface area contributed by atoms with E-state index in [9.17, 15) is 9.59 Å². The topological polar surface area (TPSA) is 100 Å². The molecular formula is C28H37N5O2. The molecule has 1 atom stereocenters. The van der Waals surface area contributed by atoms with Crippen molar-refractivity contribution in [3.05, 3.63) is 71.9 Å². The molecule has 35 heavy (non-hydrogen) atoms. The number of anilines is 1. The molecule has 0 radical (unpaired) electrons. The Morgan fingerprint density at radius 1 is 0.971 bits per heavy atom. The Bertz CT molecular complexity index is 1090. The number of pyridine rings is 1. The molecule has 186 valence electrons. The first-order valence-corrected chi connectivity index (χ1v) is 12.5. The third-order valence-electron chi connectivity index (χ3n) is 6.08. The molecule has 2 aromatic carbocycles. The molecule has 0 aliphatic carbocycles. The smallest absolute Gasteiger partial charge is 0.318 e. The van der Waals surface area contributed by atoms with Crippen LogP contribution in [0.25, 0.3) is 10.8 Å². The molecule has 1 heterocycles. The van der Waals surface area contributed by atoms with E-state index in [0.29, 0.717) is 31.9 Å². The van der Waals surface area contributed by atoms with Gasteiger partial charge in [0.05, 0.1) is 0 Å². The van der Waals surface area contributed by atoms with E-state index in [4.69, 9.17) is 5.73 Å². The Balaban J connectivity index is 1.79. The summed E-state index contributed by atoms with van der Waals surface area (Å²) >= 11 is 0. The third kappa shape index (κ3) is 7.70. The van der Waals surface area contributed by atoms with Crippen LogP contribution in [0.15, 0.2) is 60.8 Å². The number of aromatic nitrogens is 1. The molecule has 0 saturated carbocycles. The molecule has 0 bridgehead atoms. The summed E-state index contributed by atoms with van der Waals surface area (Å²) in [6, 6.07) is 16.8. The number of nitrogen functional groups attached to an aromatic ring is 1. The molecule has 1 aromatic heterocycles. The fourth-order valence-corrected chi connectivity index (χ4v) is 4.01. The van der Waals surface area contributed by atoms with Gasteiger partial charge < -0.3 is 21.3 Å². The third-order valence-corrected chi connectivity index (χ3v) is 6.08. The summed E-state index contributed by atoms with van der Waals surface area (Å²) < 4.78 is 0. The van der Waals surface area contributed by atoms with E-state index in [2.05, 4.69) is 47.7 Å². The maximum absolute atomic E-state index is 13.3. The number of amides is 3. The summed E-state index contributed by atoms with van der Waals surface area (Å²) in [7, 11) is 0. The molecule has 7 heteroatoms. The Morgan fingerprint density at radius 2 is 1.69 bits per heavy atom. The minimum absolute atomic E-state index is 0.193. The molecule has 0 aliphatic rings. The van der Waals surface area contributed by atoms with Crippen LogP contribution in [0.1, 0.15) is 50.7 Å². The molecule has 0 unspecified atom stereocenters. The summed E-state index contributed by atoms with van der Waals surface area (Å²) in [5.41, 5.74) is 7.53. The molecular weight excluding hydrogens is 438 g/mol. The predicted octanol–water partition coefficient (Wildman–Crippen LogP) is 4.66. The second kappa shape index (κ2) is 13.3. The van der Waals surface area contributed by atoms with Crippen LogP contribution in [-0.2, 0) is 17.8 Å². The number of fused-ring (bicyclic) bond motifs is 1. The number of hydrogen-bond acceptors (Lipinski definition) is 4. The van der Waals surface area contributed by atoms with E-state index in [-0.39, 0.29) is 11.9 Å². The van der Waals surface area contributed by atoms with Crippen molar-refractivity contribution in [3.8, 4) is 0 Å². The van der Waals surface area contributed by atoms with Gasteiger partial charge in [0, 0.05) is 32.3 Å². The van der Waals surface area contributed by atoms with Gasteiger partial charge >= 0.3 is 6.03 Å². The maximum atomic E-state index is 13.3. The fraction of sp³-hybridized carbons (Fsp3) is 0.393. The monoisotopic (exact) mass is 475 g/mol. The van der Waals surface area contributed by atoms with Crippen LogP contribution in [0.5, 0.6) is 0 Å². The zero-order chi connectivity index (χ0) is 25.0. The zero-order valence-corrected chi connectivity index (χ0v) is 20.8. The lowest BCUT2D eigenvalue weighted by molar-refractivity contribution is -0.123. The lowest BCUT2D eigenvalue weighted by Gasteiger charge is -2.26. The molecule has 7 nitrogen and oxygen atoms in total. The van der Waals surface area contributed by atoms with Gasteiger partial charge in [-0.05, 0) is 40.8 Å². The number of unbranched alkanes of at least 4 members (excludes halogenated alkanes) is 2. The van der Waals surface area contributed by atoms with Crippen molar-refractivity contribution in [2.24, 2.45) is 0 Å². The van der Waals surface area contributed by atoms with Crippen LogP contribution in [0.2, 0.25) is 0 Å². The van der Waals surface area contributed by atoms with Crippen molar-refractivity contribution in [2.45, 2.75) is 58.5 Å². The highest BCUT2D eigenvalue weighted by Crippen LogP contribution is 2.20. The second-order valence-electron chi connectivity index (χ2n) is 8.85. The van der Waals surface area contributed by atoms with E-state index >= 15 is 0 Å². The van der Waals surface area contributed by atoms with E-state index < -0.39 is 6.04 Å². The number of rotatable bonds is 12. The van der Waals surface area contributed by atoms with Crippen LogP contribution in [0, 0.1) is 0 Å². The van der Waals surface area contributed by atoms with Gasteiger partial charge in [0.15, 0.2) is 0 Å². The molecule has 0 saturated heterocycles. The summed E-state index contributed by atoms with van der Waals surface area (Å²) in [5, 5.41) is 8.19. The first-order chi connectivity index (χ1) is 17.0. The minimum Gasteiger partial charge on any atom is -0.384 e. The summed E-state index contributed by atoms with van der Waals surface area (Å²) in [6.07, 6.45) is 5.92. The lowest BCUT2D eigenvalue weighted by Crippen LogP contribution is -2.52. The van der Waals surface area contributed by atoms with Crippen molar-refractivity contribution in [1.29, 1.82) is 0 Å². The van der Waals surface area contributed by atoms with Gasteiger partial charge in [-0.15, -0.1) is 0 Å². The molecule has 0 aliphatic heterocycles.